The van der Waals surface area contributed by atoms with E-state index in [4.69, 9.17) is 0 Å². The van der Waals surface area contributed by atoms with Crippen molar-refractivity contribution in [3.63, 3.8) is 0 Å². The Bertz CT molecular complexity index is 699. The third-order valence-electron chi connectivity index (χ3n) is 3.27. The van der Waals surface area contributed by atoms with E-state index >= 15 is 0 Å². The van der Waals surface area contributed by atoms with Crippen molar-refractivity contribution >= 4 is 29.3 Å². The van der Waals surface area contributed by atoms with E-state index in [2.05, 4.69) is 5.32 Å². The van der Waals surface area contributed by atoms with Gasteiger partial charge < -0.3 is 10.2 Å². The van der Waals surface area contributed by atoms with Crippen LogP contribution in [0.1, 0.15) is 19.4 Å². The first kappa shape index (κ1) is 18.4. The highest BCUT2D eigenvalue weighted by Gasteiger charge is 2.32. The topological polar surface area (TPSA) is 49.4 Å². The number of halogens is 3. The van der Waals surface area contributed by atoms with Crippen molar-refractivity contribution < 1.29 is 22.8 Å². The molecule has 1 aliphatic rings. The number of likely N-dealkylation sites (N-methyl/N-ethyl adjacent to an activating group) is 1. The molecule has 0 aliphatic carbocycles. The summed E-state index contributed by atoms with van der Waals surface area (Å²) in [6.45, 7) is 4.47. The minimum atomic E-state index is -4.48. The van der Waals surface area contributed by atoms with E-state index < -0.39 is 17.6 Å². The van der Waals surface area contributed by atoms with Gasteiger partial charge in [0.2, 0.25) is 5.91 Å². The lowest BCUT2D eigenvalue weighted by atomic mass is 10.2. The summed E-state index contributed by atoms with van der Waals surface area (Å²) in [5.41, 5.74) is -0.734. The van der Waals surface area contributed by atoms with Crippen molar-refractivity contribution in [3.05, 3.63) is 34.7 Å². The van der Waals surface area contributed by atoms with Crippen LogP contribution in [0.2, 0.25) is 0 Å². The fourth-order valence-corrected chi connectivity index (χ4v) is 3.09. The molecule has 0 spiro atoms. The number of nitrogens with one attached hydrogen (secondary N) is 1. The number of benzene rings is 1. The Morgan fingerprint density at radius 1 is 1.38 bits per heavy atom. The van der Waals surface area contributed by atoms with Gasteiger partial charge in [-0.1, -0.05) is 25.6 Å². The molecule has 0 saturated heterocycles. The predicted molar refractivity (Wildman–Crippen MR) is 86.5 cm³/mol. The van der Waals surface area contributed by atoms with Crippen LogP contribution in [0, 0.1) is 5.92 Å². The average Bonchev–Trinajstić information content (AvgIpc) is 2.45. The number of nitrogens with zero attached hydrogens (tertiary/aromatic N) is 1. The van der Waals surface area contributed by atoms with Gasteiger partial charge in [0.25, 0.3) is 5.91 Å². The lowest BCUT2D eigenvalue weighted by molar-refractivity contribution is -0.137. The Balaban J connectivity index is 2.22. The molecular weight excluding hydrogens is 341 g/mol. The summed E-state index contributed by atoms with van der Waals surface area (Å²) < 4.78 is 38.1. The Morgan fingerprint density at radius 3 is 2.62 bits per heavy atom. The van der Waals surface area contributed by atoms with Crippen LogP contribution in [-0.2, 0) is 15.8 Å². The third kappa shape index (κ3) is 4.31. The van der Waals surface area contributed by atoms with Crippen LogP contribution < -0.4 is 5.32 Å². The molecule has 1 aromatic carbocycles. The van der Waals surface area contributed by atoms with Crippen LogP contribution >= 0.6 is 11.8 Å². The summed E-state index contributed by atoms with van der Waals surface area (Å²) in [5.74, 6) is -0.624. The molecule has 0 aromatic heterocycles. The minimum absolute atomic E-state index is 0.0972. The van der Waals surface area contributed by atoms with Crippen LogP contribution in [0.25, 0.3) is 0 Å². The molecule has 24 heavy (non-hydrogen) atoms. The molecule has 8 heteroatoms. The maximum Gasteiger partial charge on any atom is 0.416 e. The highest BCUT2D eigenvalue weighted by molar-refractivity contribution is 8.04. The quantitative estimate of drug-likeness (QED) is 0.838. The van der Waals surface area contributed by atoms with Gasteiger partial charge in [-0.2, -0.15) is 13.2 Å². The number of amides is 2. The van der Waals surface area contributed by atoms with Crippen molar-refractivity contribution in [2.24, 2.45) is 5.92 Å². The Kier molecular flexibility index (Phi) is 5.27. The number of alkyl halides is 3. The van der Waals surface area contributed by atoms with Crippen LogP contribution in [0.5, 0.6) is 0 Å². The molecule has 1 aliphatic heterocycles. The number of rotatable bonds is 3. The standard InChI is InChI=1S/C16H17F3N2O2S/c1-9(2)8-21(3)14(22)7-13-15(23)20-11-6-10(16(17,18)19)4-5-12(11)24-13/h4-7,9H,8H2,1-3H3,(H,20,23)/b13-7-. The van der Waals surface area contributed by atoms with E-state index in [0.29, 0.717) is 11.4 Å². The summed E-state index contributed by atoms with van der Waals surface area (Å²) in [6.07, 6.45) is -3.26. The zero-order chi connectivity index (χ0) is 18.1. The second-order valence-electron chi connectivity index (χ2n) is 5.89. The lowest BCUT2D eigenvalue weighted by Crippen LogP contribution is -2.30. The Morgan fingerprint density at radius 2 is 2.04 bits per heavy atom. The van der Waals surface area contributed by atoms with Crippen molar-refractivity contribution in [2.45, 2.75) is 24.9 Å². The van der Waals surface area contributed by atoms with Crippen LogP contribution in [0.15, 0.2) is 34.1 Å². The van der Waals surface area contributed by atoms with Crippen LogP contribution in [0.4, 0.5) is 18.9 Å². The lowest BCUT2D eigenvalue weighted by Gasteiger charge is -2.21. The summed E-state index contributed by atoms with van der Waals surface area (Å²) in [7, 11) is 1.63. The molecule has 0 unspecified atom stereocenters. The highest BCUT2D eigenvalue weighted by Crippen LogP contribution is 2.41. The second kappa shape index (κ2) is 6.88. The SMILES string of the molecule is CC(C)CN(C)C(=O)/C=C1\Sc2ccc(C(F)(F)F)cc2NC1=O. The van der Waals surface area contributed by atoms with Gasteiger partial charge in [-0.25, -0.2) is 0 Å². The Labute approximate surface area is 142 Å². The largest absolute Gasteiger partial charge is 0.416 e. The summed E-state index contributed by atoms with van der Waals surface area (Å²) in [4.78, 5) is 26.3. The monoisotopic (exact) mass is 358 g/mol. The third-order valence-corrected chi connectivity index (χ3v) is 4.37. The van der Waals surface area contributed by atoms with Gasteiger partial charge in [-0.15, -0.1) is 0 Å². The number of fused-ring (bicyclic) bond motifs is 1. The summed E-state index contributed by atoms with van der Waals surface area (Å²) >= 11 is 0.983. The molecule has 0 bridgehead atoms. The molecule has 1 heterocycles. The van der Waals surface area contributed by atoms with Gasteiger partial charge in [0.05, 0.1) is 16.2 Å². The molecule has 130 valence electrons. The first-order valence-corrected chi connectivity index (χ1v) is 8.07. The zero-order valence-corrected chi connectivity index (χ0v) is 14.2. The number of hydrogen-bond donors (Lipinski definition) is 1. The maximum absolute atomic E-state index is 12.7. The number of anilines is 1. The molecule has 2 amide bonds. The van der Waals surface area contributed by atoms with Crippen molar-refractivity contribution in [2.75, 3.05) is 18.9 Å². The zero-order valence-electron chi connectivity index (χ0n) is 13.4. The number of carbonyl (C=O) groups excluding carboxylic acids is 2. The molecule has 0 radical (unpaired) electrons. The van der Waals surface area contributed by atoms with E-state index in [0.717, 1.165) is 23.9 Å². The molecule has 0 fully saturated rings. The first-order valence-electron chi connectivity index (χ1n) is 7.25. The smallest absolute Gasteiger partial charge is 0.342 e. The minimum Gasteiger partial charge on any atom is -0.342 e. The molecule has 2 rings (SSSR count). The number of thioether (sulfide) groups is 1. The van der Waals surface area contributed by atoms with Gasteiger partial charge in [-0.3, -0.25) is 9.59 Å². The average molecular weight is 358 g/mol. The van der Waals surface area contributed by atoms with E-state index in [1.807, 2.05) is 13.8 Å². The fraction of sp³-hybridized carbons (Fsp3) is 0.375. The van der Waals surface area contributed by atoms with Gasteiger partial charge in [0.15, 0.2) is 0 Å². The normalized spacial score (nSPS) is 16.1. The van der Waals surface area contributed by atoms with E-state index in [1.54, 1.807) is 7.05 Å². The predicted octanol–water partition coefficient (Wildman–Crippen LogP) is 3.75. The Hall–Kier alpha value is -1.96. The van der Waals surface area contributed by atoms with Gasteiger partial charge >= 0.3 is 6.18 Å². The molecule has 1 aromatic rings. The molecule has 4 nitrogen and oxygen atoms in total. The van der Waals surface area contributed by atoms with E-state index in [1.165, 1.54) is 17.0 Å². The van der Waals surface area contributed by atoms with Gasteiger partial charge in [0.1, 0.15) is 0 Å². The van der Waals surface area contributed by atoms with E-state index in [9.17, 15) is 22.8 Å². The van der Waals surface area contributed by atoms with Crippen molar-refractivity contribution in [3.8, 4) is 0 Å². The number of carbonyl (C=O) groups is 2. The van der Waals surface area contributed by atoms with E-state index in [-0.39, 0.29) is 22.4 Å². The number of hydrogen-bond acceptors (Lipinski definition) is 3. The van der Waals surface area contributed by atoms with Gasteiger partial charge in [-0.05, 0) is 24.1 Å². The molecule has 0 atom stereocenters. The van der Waals surface area contributed by atoms with Crippen molar-refractivity contribution in [1.82, 2.24) is 4.90 Å². The first-order chi connectivity index (χ1) is 11.1. The van der Waals surface area contributed by atoms with Crippen molar-refractivity contribution in [1.29, 1.82) is 0 Å². The van der Waals surface area contributed by atoms with Crippen LogP contribution in [-0.4, -0.2) is 30.3 Å². The van der Waals surface area contributed by atoms with Crippen LogP contribution in [0.3, 0.4) is 0 Å². The van der Waals surface area contributed by atoms with Gasteiger partial charge in [0, 0.05) is 24.6 Å². The molecular formula is C16H17F3N2O2S. The molecule has 1 N–H and O–H groups in total. The maximum atomic E-state index is 12.7. The summed E-state index contributed by atoms with van der Waals surface area (Å²) in [5, 5.41) is 2.41. The second-order valence-corrected chi connectivity index (χ2v) is 6.97. The summed E-state index contributed by atoms with van der Waals surface area (Å²) in [6, 6.07) is 3.13. The fourth-order valence-electron chi connectivity index (χ4n) is 2.20. The molecule has 0 saturated carbocycles. The highest BCUT2D eigenvalue weighted by atomic mass is 32.2.